The van der Waals surface area contributed by atoms with Crippen molar-refractivity contribution in [3.05, 3.63) is 16.5 Å². The molecule has 1 rings (SSSR count). The van der Waals surface area contributed by atoms with E-state index in [9.17, 15) is 0 Å². The van der Waals surface area contributed by atoms with Crippen LogP contribution in [0.2, 0.25) is 0 Å². The number of anilines is 1. The molecule has 14 heavy (non-hydrogen) atoms. The summed E-state index contributed by atoms with van der Waals surface area (Å²) in [6.07, 6.45) is 2.43. The molecule has 2 N–H and O–H groups in total. The van der Waals surface area contributed by atoms with Gasteiger partial charge in [-0.1, -0.05) is 6.92 Å². The molecule has 0 spiro atoms. The van der Waals surface area contributed by atoms with E-state index in [0.717, 1.165) is 6.42 Å². The molecule has 1 aromatic rings. The number of nitrogens with two attached hydrogens (primary N) is 1. The first-order chi connectivity index (χ1) is 6.69. The molecule has 0 bridgehead atoms. The highest BCUT2D eigenvalue weighted by molar-refractivity contribution is 9.10. The third kappa shape index (κ3) is 2.65. The second kappa shape index (κ2) is 5.26. The molecule has 1 atom stereocenters. The lowest BCUT2D eigenvalue weighted by molar-refractivity contribution is 0.0535. The zero-order valence-electron chi connectivity index (χ0n) is 8.33. The Morgan fingerprint density at radius 3 is 2.79 bits per heavy atom. The molecule has 0 aliphatic rings. The molecule has 78 valence electrons. The Balaban J connectivity index is 2.88. The third-order valence-corrected chi connectivity index (χ3v) is 2.43. The van der Waals surface area contributed by atoms with E-state index < -0.39 is 0 Å². The smallest absolute Gasteiger partial charge is 0.159 e. The molecule has 5 heteroatoms. The summed E-state index contributed by atoms with van der Waals surface area (Å²) >= 11 is 3.25. The van der Waals surface area contributed by atoms with Crippen molar-refractivity contribution in [2.24, 2.45) is 0 Å². The zero-order valence-corrected chi connectivity index (χ0v) is 9.91. The number of hydrogen-bond acceptors (Lipinski definition) is 4. The molecule has 0 saturated carbocycles. The van der Waals surface area contributed by atoms with E-state index in [4.69, 9.17) is 10.5 Å². The van der Waals surface area contributed by atoms with Gasteiger partial charge in [0.05, 0.1) is 4.47 Å². The summed E-state index contributed by atoms with van der Waals surface area (Å²) in [6, 6.07) is 0. The van der Waals surface area contributed by atoms with E-state index >= 15 is 0 Å². The number of nitrogens with zero attached hydrogens (tertiary/aromatic N) is 2. The van der Waals surface area contributed by atoms with Gasteiger partial charge in [0.25, 0.3) is 0 Å². The highest BCUT2D eigenvalue weighted by Crippen LogP contribution is 2.21. The van der Waals surface area contributed by atoms with Crippen LogP contribution in [0.4, 0.5) is 5.82 Å². The molecule has 0 aliphatic heterocycles. The van der Waals surface area contributed by atoms with Crippen molar-refractivity contribution in [3.63, 3.8) is 0 Å². The van der Waals surface area contributed by atoms with Crippen molar-refractivity contribution in [1.29, 1.82) is 0 Å². The second-order valence-electron chi connectivity index (χ2n) is 2.81. The average Bonchev–Trinajstić information content (AvgIpc) is 2.19. The fourth-order valence-electron chi connectivity index (χ4n) is 1.13. The van der Waals surface area contributed by atoms with E-state index in [1.54, 1.807) is 6.20 Å². The van der Waals surface area contributed by atoms with Crippen LogP contribution in [0, 0.1) is 0 Å². The highest BCUT2D eigenvalue weighted by atomic mass is 79.9. The summed E-state index contributed by atoms with van der Waals surface area (Å²) < 4.78 is 6.19. The molecule has 1 aromatic heterocycles. The fraction of sp³-hybridized carbons (Fsp3) is 0.556. The van der Waals surface area contributed by atoms with Crippen LogP contribution in [0.25, 0.3) is 0 Å². The Hall–Kier alpha value is -0.680. The predicted molar refractivity (Wildman–Crippen MR) is 58.8 cm³/mol. The summed E-state index contributed by atoms with van der Waals surface area (Å²) in [5, 5.41) is 0. The average molecular weight is 260 g/mol. The Morgan fingerprint density at radius 2 is 2.29 bits per heavy atom. The number of rotatable bonds is 4. The standard InChI is InChI=1S/C9H14BrN3O/c1-3-7(14-4-2)9-12-5-6(10)8(11)13-9/h5,7H,3-4H2,1-2H3,(H2,11,12,13). The Morgan fingerprint density at radius 1 is 1.57 bits per heavy atom. The monoisotopic (exact) mass is 259 g/mol. The van der Waals surface area contributed by atoms with Crippen LogP contribution in [-0.2, 0) is 4.74 Å². The van der Waals surface area contributed by atoms with Gasteiger partial charge in [-0.05, 0) is 29.3 Å². The lowest BCUT2D eigenvalue weighted by Gasteiger charge is -2.13. The quantitative estimate of drug-likeness (QED) is 0.902. The number of aromatic nitrogens is 2. The number of halogens is 1. The van der Waals surface area contributed by atoms with E-state index in [1.807, 2.05) is 13.8 Å². The van der Waals surface area contributed by atoms with Crippen molar-refractivity contribution < 1.29 is 4.74 Å². The first-order valence-corrected chi connectivity index (χ1v) is 5.37. The third-order valence-electron chi connectivity index (χ3n) is 1.82. The summed E-state index contributed by atoms with van der Waals surface area (Å²) in [5.74, 6) is 1.10. The molecule has 1 unspecified atom stereocenters. The molecule has 0 fully saturated rings. The minimum Gasteiger partial charge on any atom is -0.383 e. The molecular weight excluding hydrogens is 246 g/mol. The van der Waals surface area contributed by atoms with E-state index in [1.165, 1.54) is 0 Å². The van der Waals surface area contributed by atoms with Crippen LogP contribution in [0.1, 0.15) is 32.2 Å². The van der Waals surface area contributed by atoms with Gasteiger partial charge in [-0.2, -0.15) is 0 Å². The maximum absolute atomic E-state index is 5.66. The first kappa shape index (κ1) is 11.4. The number of ether oxygens (including phenoxy) is 1. The summed E-state index contributed by atoms with van der Waals surface area (Å²) in [7, 11) is 0. The van der Waals surface area contributed by atoms with Crippen LogP contribution < -0.4 is 5.73 Å². The van der Waals surface area contributed by atoms with Gasteiger partial charge in [0.1, 0.15) is 11.9 Å². The van der Waals surface area contributed by atoms with Crippen LogP contribution >= 0.6 is 15.9 Å². The van der Waals surface area contributed by atoms with E-state index in [0.29, 0.717) is 22.7 Å². The molecule has 4 nitrogen and oxygen atoms in total. The number of hydrogen-bond donors (Lipinski definition) is 1. The lowest BCUT2D eigenvalue weighted by atomic mass is 10.2. The largest absolute Gasteiger partial charge is 0.383 e. The van der Waals surface area contributed by atoms with Gasteiger partial charge >= 0.3 is 0 Å². The summed E-state index contributed by atoms with van der Waals surface area (Å²) in [6.45, 7) is 4.63. The maximum atomic E-state index is 5.66. The first-order valence-electron chi connectivity index (χ1n) is 4.58. The molecular formula is C9H14BrN3O. The van der Waals surface area contributed by atoms with Crippen molar-refractivity contribution in [2.45, 2.75) is 26.4 Å². The SMILES string of the molecule is CCOC(CC)c1ncc(Br)c(N)n1. The van der Waals surface area contributed by atoms with Gasteiger partial charge in [-0.3, -0.25) is 0 Å². The molecule has 0 amide bonds. The fourth-order valence-corrected chi connectivity index (χ4v) is 1.32. The Labute approximate surface area is 92.0 Å². The van der Waals surface area contributed by atoms with E-state index in [-0.39, 0.29) is 6.10 Å². The Bertz CT molecular complexity index is 306. The molecule has 0 aliphatic carbocycles. The maximum Gasteiger partial charge on any atom is 0.159 e. The van der Waals surface area contributed by atoms with E-state index in [2.05, 4.69) is 25.9 Å². The van der Waals surface area contributed by atoms with Crippen molar-refractivity contribution in [1.82, 2.24) is 9.97 Å². The van der Waals surface area contributed by atoms with Crippen LogP contribution in [0.3, 0.4) is 0 Å². The number of nitrogen functional groups attached to an aromatic ring is 1. The van der Waals surface area contributed by atoms with Gasteiger partial charge in [0.2, 0.25) is 0 Å². The van der Waals surface area contributed by atoms with Crippen LogP contribution in [-0.4, -0.2) is 16.6 Å². The molecule has 1 heterocycles. The zero-order chi connectivity index (χ0) is 10.6. The van der Waals surface area contributed by atoms with Gasteiger partial charge in [0.15, 0.2) is 5.82 Å². The van der Waals surface area contributed by atoms with Gasteiger partial charge in [-0.15, -0.1) is 0 Å². The van der Waals surface area contributed by atoms with Crippen LogP contribution in [0.15, 0.2) is 10.7 Å². The summed E-state index contributed by atoms with van der Waals surface area (Å²) in [4.78, 5) is 8.32. The molecule has 0 aromatic carbocycles. The van der Waals surface area contributed by atoms with Gasteiger partial charge in [-0.25, -0.2) is 9.97 Å². The second-order valence-corrected chi connectivity index (χ2v) is 3.67. The Kier molecular flexibility index (Phi) is 4.28. The summed E-state index contributed by atoms with van der Waals surface area (Å²) in [5.41, 5.74) is 5.66. The molecule has 0 saturated heterocycles. The minimum absolute atomic E-state index is 0.0598. The van der Waals surface area contributed by atoms with Crippen molar-refractivity contribution >= 4 is 21.7 Å². The normalized spacial score (nSPS) is 12.8. The topological polar surface area (TPSA) is 61.0 Å². The van der Waals surface area contributed by atoms with Crippen molar-refractivity contribution in [2.75, 3.05) is 12.3 Å². The van der Waals surface area contributed by atoms with Gasteiger partial charge in [0, 0.05) is 12.8 Å². The highest BCUT2D eigenvalue weighted by Gasteiger charge is 2.13. The van der Waals surface area contributed by atoms with Gasteiger partial charge < -0.3 is 10.5 Å². The lowest BCUT2D eigenvalue weighted by Crippen LogP contribution is -2.09. The molecule has 0 radical (unpaired) electrons. The predicted octanol–water partition coefficient (Wildman–Crippen LogP) is 2.31. The van der Waals surface area contributed by atoms with Crippen LogP contribution in [0.5, 0.6) is 0 Å². The minimum atomic E-state index is -0.0598. The van der Waals surface area contributed by atoms with Crippen molar-refractivity contribution in [3.8, 4) is 0 Å².